The van der Waals surface area contributed by atoms with Crippen molar-refractivity contribution in [1.82, 2.24) is 5.32 Å². The summed E-state index contributed by atoms with van der Waals surface area (Å²) in [5.41, 5.74) is 2.03. The molecule has 0 aliphatic carbocycles. The lowest BCUT2D eigenvalue weighted by atomic mass is 9.85. The molecule has 0 aromatic heterocycles. The number of nitrogens with one attached hydrogen (secondary N) is 2. The van der Waals surface area contributed by atoms with Gasteiger partial charge in [0, 0.05) is 19.2 Å². The molecule has 1 amide bonds. The number of rotatable bonds is 7. The lowest BCUT2D eigenvalue weighted by Crippen LogP contribution is -2.29. The van der Waals surface area contributed by atoms with Crippen molar-refractivity contribution in [2.45, 2.75) is 41.2 Å². The van der Waals surface area contributed by atoms with Gasteiger partial charge < -0.3 is 10.6 Å². The molecule has 2 N–H and O–H groups in total. The molecule has 0 heterocycles. The summed E-state index contributed by atoms with van der Waals surface area (Å²) in [7, 11) is 0. The zero-order valence-corrected chi connectivity index (χ0v) is 13.4. The molecule has 0 spiro atoms. The standard InChI is InChI=1S/C17H28N2O/c1-12(2)16(13(3)4)11-18-10-15-8-6-7-9-17(15)19-14(5)20/h6-9,12-13,16,18H,10-11H2,1-5H3,(H,19,20). The van der Waals surface area contributed by atoms with Gasteiger partial charge in [0.1, 0.15) is 0 Å². The number of hydrogen-bond acceptors (Lipinski definition) is 2. The van der Waals surface area contributed by atoms with E-state index in [0.717, 1.165) is 24.3 Å². The molecule has 1 rings (SSSR count). The molecule has 0 saturated heterocycles. The van der Waals surface area contributed by atoms with E-state index >= 15 is 0 Å². The van der Waals surface area contributed by atoms with Crippen molar-refractivity contribution in [2.75, 3.05) is 11.9 Å². The lowest BCUT2D eigenvalue weighted by Gasteiger charge is -2.25. The normalized spacial score (nSPS) is 11.4. The number of anilines is 1. The van der Waals surface area contributed by atoms with Gasteiger partial charge in [-0.2, -0.15) is 0 Å². The summed E-state index contributed by atoms with van der Waals surface area (Å²) < 4.78 is 0. The maximum atomic E-state index is 11.2. The van der Waals surface area contributed by atoms with Crippen molar-refractivity contribution >= 4 is 11.6 Å². The first kappa shape index (κ1) is 16.7. The number of carbonyl (C=O) groups is 1. The Hall–Kier alpha value is -1.35. The van der Waals surface area contributed by atoms with Crippen LogP contribution in [0.3, 0.4) is 0 Å². The van der Waals surface area contributed by atoms with Gasteiger partial charge in [-0.1, -0.05) is 45.9 Å². The molecule has 3 heteroatoms. The van der Waals surface area contributed by atoms with E-state index in [0.29, 0.717) is 17.8 Å². The maximum Gasteiger partial charge on any atom is 0.221 e. The highest BCUT2D eigenvalue weighted by Gasteiger charge is 2.16. The van der Waals surface area contributed by atoms with Gasteiger partial charge in [0.2, 0.25) is 5.91 Å². The molecule has 0 aliphatic heterocycles. The minimum Gasteiger partial charge on any atom is -0.326 e. The number of amides is 1. The van der Waals surface area contributed by atoms with Gasteiger partial charge in [0.15, 0.2) is 0 Å². The van der Waals surface area contributed by atoms with Crippen LogP contribution in [-0.2, 0) is 11.3 Å². The van der Waals surface area contributed by atoms with Crippen LogP contribution in [0.5, 0.6) is 0 Å². The van der Waals surface area contributed by atoms with E-state index in [9.17, 15) is 4.79 Å². The second-order valence-electron chi connectivity index (χ2n) is 6.12. The number of para-hydroxylation sites is 1. The van der Waals surface area contributed by atoms with E-state index in [2.05, 4.69) is 44.4 Å². The molecule has 1 aromatic carbocycles. The van der Waals surface area contributed by atoms with Crippen LogP contribution in [0.15, 0.2) is 24.3 Å². The van der Waals surface area contributed by atoms with E-state index in [4.69, 9.17) is 0 Å². The van der Waals surface area contributed by atoms with E-state index in [1.807, 2.05) is 18.2 Å². The van der Waals surface area contributed by atoms with Gasteiger partial charge in [-0.15, -0.1) is 0 Å². The third kappa shape index (κ3) is 5.33. The van der Waals surface area contributed by atoms with Crippen molar-refractivity contribution in [2.24, 2.45) is 17.8 Å². The Bertz CT molecular complexity index is 419. The molecule has 0 bridgehead atoms. The summed E-state index contributed by atoms with van der Waals surface area (Å²) in [6.45, 7) is 12.4. The Morgan fingerprint density at radius 2 is 1.70 bits per heavy atom. The summed E-state index contributed by atoms with van der Waals surface area (Å²) in [6.07, 6.45) is 0. The maximum absolute atomic E-state index is 11.2. The average Bonchev–Trinajstić information content (AvgIpc) is 2.34. The fourth-order valence-corrected chi connectivity index (χ4v) is 2.60. The van der Waals surface area contributed by atoms with Crippen LogP contribution in [0.25, 0.3) is 0 Å². The Morgan fingerprint density at radius 3 is 2.25 bits per heavy atom. The largest absolute Gasteiger partial charge is 0.326 e. The fourth-order valence-electron chi connectivity index (χ4n) is 2.60. The van der Waals surface area contributed by atoms with Gasteiger partial charge in [0.05, 0.1) is 0 Å². The van der Waals surface area contributed by atoms with E-state index < -0.39 is 0 Å². The van der Waals surface area contributed by atoms with Gasteiger partial charge in [-0.25, -0.2) is 0 Å². The molecule has 112 valence electrons. The summed E-state index contributed by atoms with van der Waals surface area (Å²) in [5.74, 6) is 1.99. The van der Waals surface area contributed by atoms with Crippen LogP contribution in [0.1, 0.15) is 40.2 Å². The summed E-state index contributed by atoms with van der Waals surface area (Å²) in [6, 6.07) is 7.95. The third-order valence-corrected chi connectivity index (χ3v) is 3.74. The molecule has 0 radical (unpaired) electrons. The molecule has 20 heavy (non-hydrogen) atoms. The smallest absolute Gasteiger partial charge is 0.221 e. The number of benzene rings is 1. The Balaban J connectivity index is 2.59. The predicted molar refractivity (Wildman–Crippen MR) is 85.6 cm³/mol. The first-order chi connectivity index (χ1) is 9.41. The summed E-state index contributed by atoms with van der Waals surface area (Å²) >= 11 is 0. The van der Waals surface area contributed by atoms with Crippen molar-refractivity contribution in [3.05, 3.63) is 29.8 Å². The van der Waals surface area contributed by atoms with Crippen LogP contribution >= 0.6 is 0 Å². The summed E-state index contributed by atoms with van der Waals surface area (Å²) in [5, 5.41) is 6.40. The molecule has 0 aliphatic rings. The fraction of sp³-hybridized carbons (Fsp3) is 0.588. The Kier molecular flexibility index (Phi) is 6.73. The lowest BCUT2D eigenvalue weighted by molar-refractivity contribution is -0.114. The number of hydrogen-bond donors (Lipinski definition) is 2. The topological polar surface area (TPSA) is 41.1 Å². The monoisotopic (exact) mass is 276 g/mol. The SMILES string of the molecule is CC(=O)Nc1ccccc1CNCC(C(C)C)C(C)C. The molecular weight excluding hydrogens is 248 g/mol. The summed E-state index contributed by atoms with van der Waals surface area (Å²) in [4.78, 5) is 11.2. The first-order valence-electron chi connectivity index (χ1n) is 7.48. The van der Waals surface area contributed by atoms with E-state index in [1.54, 1.807) is 0 Å². The molecular formula is C17H28N2O. The Morgan fingerprint density at radius 1 is 1.10 bits per heavy atom. The molecule has 0 unspecified atom stereocenters. The average molecular weight is 276 g/mol. The van der Waals surface area contributed by atoms with Crippen molar-refractivity contribution in [3.8, 4) is 0 Å². The zero-order valence-electron chi connectivity index (χ0n) is 13.4. The molecule has 0 fully saturated rings. The molecule has 0 atom stereocenters. The van der Waals surface area contributed by atoms with Gasteiger partial charge in [-0.3, -0.25) is 4.79 Å². The Labute approximate surface area is 123 Å². The number of carbonyl (C=O) groups excluding carboxylic acids is 1. The van der Waals surface area contributed by atoms with Gasteiger partial charge in [-0.05, 0) is 35.9 Å². The van der Waals surface area contributed by atoms with Crippen molar-refractivity contribution in [1.29, 1.82) is 0 Å². The molecule has 1 aromatic rings. The highest BCUT2D eigenvalue weighted by molar-refractivity contribution is 5.89. The highest BCUT2D eigenvalue weighted by atomic mass is 16.1. The van der Waals surface area contributed by atoms with Crippen molar-refractivity contribution in [3.63, 3.8) is 0 Å². The second-order valence-corrected chi connectivity index (χ2v) is 6.12. The first-order valence-corrected chi connectivity index (χ1v) is 7.48. The van der Waals surface area contributed by atoms with Crippen LogP contribution in [0, 0.1) is 17.8 Å². The van der Waals surface area contributed by atoms with Crippen molar-refractivity contribution < 1.29 is 4.79 Å². The van der Waals surface area contributed by atoms with Gasteiger partial charge in [0.25, 0.3) is 0 Å². The van der Waals surface area contributed by atoms with Gasteiger partial charge >= 0.3 is 0 Å². The van der Waals surface area contributed by atoms with Crippen LogP contribution in [-0.4, -0.2) is 12.5 Å². The minimum absolute atomic E-state index is 0.0281. The third-order valence-electron chi connectivity index (χ3n) is 3.74. The van der Waals surface area contributed by atoms with Crippen LogP contribution in [0.4, 0.5) is 5.69 Å². The van der Waals surface area contributed by atoms with Crippen LogP contribution < -0.4 is 10.6 Å². The van der Waals surface area contributed by atoms with Crippen LogP contribution in [0.2, 0.25) is 0 Å². The quantitative estimate of drug-likeness (QED) is 0.798. The molecule has 3 nitrogen and oxygen atoms in total. The minimum atomic E-state index is -0.0281. The second kappa shape index (κ2) is 8.05. The predicted octanol–water partition coefficient (Wildman–Crippen LogP) is 3.66. The van der Waals surface area contributed by atoms with E-state index in [1.165, 1.54) is 6.92 Å². The zero-order chi connectivity index (χ0) is 15.1. The molecule has 0 saturated carbocycles. The van der Waals surface area contributed by atoms with E-state index in [-0.39, 0.29) is 5.91 Å². The highest BCUT2D eigenvalue weighted by Crippen LogP contribution is 2.20.